The molecule has 0 saturated carbocycles. The maximum Gasteiger partial charge on any atom is 0.182 e. The highest BCUT2D eigenvalue weighted by atomic mass is 15.1. The zero-order valence-electron chi connectivity index (χ0n) is 9.44. The predicted octanol–water partition coefficient (Wildman–Crippen LogP) is 1.25. The fraction of sp³-hybridized carbons (Fsp3) is 0.273. The summed E-state index contributed by atoms with van der Waals surface area (Å²) >= 11 is 0. The van der Waals surface area contributed by atoms with Crippen molar-refractivity contribution < 1.29 is 0 Å². The Morgan fingerprint density at radius 1 is 1.41 bits per heavy atom. The third-order valence-corrected chi connectivity index (χ3v) is 2.30. The molecule has 0 aromatic carbocycles. The number of aromatic nitrogens is 4. The Morgan fingerprint density at radius 3 is 2.94 bits per heavy atom. The average Bonchev–Trinajstić information content (AvgIpc) is 2.84. The van der Waals surface area contributed by atoms with Crippen LogP contribution in [0.25, 0.3) is 0 Å². The number of aromatic amines is 1. The van der Waals surface area contributed by atoms with E-state index in [0.717, 1.165) is 17.8 Å². The zero-order chi connectivity index (χ0) is 12.1. The van der Waals surface area contributed by atoms with Crippen LogP contribution in [-0.4, -0.2) is 20.2 Å². The molecule has 6 nitrogen and oxygen atoms in total. The lowest BCUT2D eigenvalue weighted by molar-refractivity contribution is 0.935. The first-order chi connectivity index (χ1) is 8.33. The Morgan fingerprint density at radius 2 is 2.24 bits per heavy atom. The molecule has 0 bridgehead atoms. The molecule has 2 aromatic rings. The minimum atomic E-state index is 0.294. The summed E-state index contributed by atoms with van der Waals surface area (Å²) in [6, 6.07) is 3.97. The highest BCUT2D eigenvalue weighted by Gasteiger charge is 2.04. The molecule has 2 rings (SSSR count). The number of H-pyrrole nitrogens is 1. The van der Waals surface area contributed by atoms with Crippen molar-refractivity contribution in [3.8, 4) is 6.07 Å². The highest BCUT2D eigenvalue weighted by Crippen LogP contribution is 2.08. The molecule has 2 heterocycles. The molecule has 17 heavy (non-hydrogen) atoms. The van der Waals surface area contributed by atoms with E-state index in [0.29, 0.717) is 18.1 Å². The van der Waals surface area contributed by atoms with E-state index < -0.39 is 0 Å². The number of nitriles is 1. The molecular formula is C11H12N6. The standard InChI is InChI=1S/C11H12N6/c1-2-8-5-9(17-16-8)7-15-11-10(6-12)13-3-4-14-11/h3-5H,2,7H2,1H3,(H,14,15)(H,16,17). The molecule has 0 atom stereocenters. The van der Waals surface area contributed by atoms with Gasteiger partial charge in [0.15, 0.2) is 11.5 Å². The van der Waals surface area contributed by atoms with Gasteiger partial charge in [-0.15, -0.1) is 0 Å². The topological polar surface area (TPSA) is 90.3 Å². The Labute approximate surface area is 98.7 Å². The van der Waals surface area contributed by atoms with Gasteiger partial charge in [-0.25, -0.2) is 9.97 Å². The van der Waals surface area contributed by atoms with Crippen LogP contribution in [0, 0.1) is 11.3 Å². The molecule has 0 amide bonds. The molecular weight excluding hydrogens is 216 g/mol. The molecule has 0 saturated heterocycles. The zero-order valence-corrected chi connectivity index (χ0v) is 9.44. The van der Waals surface area contributed by atoms with Crippen molar-refractivity contribution in [2.45, 2.75) is 19.9 Å². The van der Waals surface area contributed by atoms with Crippen molar-refractivity contribution in [2.75, 3.05) is 5.32 Å². The van der Waals surface area contributed by atoms with Gasteiger partial charge >= 0.3 is 0 Å². The summed E-state index contributed by atoms with van der Waals surface area (Å²) in [5.74, 6) is 0.489. The first-order valence-electron chi connectivity index (χ1n) is 5.31. The molecule has 86 valence electrons. The molecule has 0 aliphatic heterocycles. The number of rotatable bonds is 4. The number of aryl methyl sites for hydroxylation is 1. The molecule has 2 aromatic heterocycles. The highest BCUT2D eigenvalue weighted by molar-refractivity contribution is 5.46. The number of nitrogens with one attached hydrogen (secondary N) is 2. The minimum absolute atomic E-state index is 0.294. The van der Waals surface area contributed by atoms with Crippen LogP contribution in [0.2, 0.25) is 0 Å². The number of anilines is 1. The van der Waals surface area contributed by atoms with Crippen LogP contribution in [0.5, 0.6) is 0 Å². The molecule has 0 unspecified atom stereocenters. The smallest absolute Gasteiger partial charge is 0.182 e. The van der Waals surface area contributed by atoms with Crippen LogP contribution >= 0.6 is 0 Å². The number of hydrogen-bond donors (Lipinski definition) is 2. The minimum Gasteiger partial charge on any atom is -0.362 e. The van der Waals surface area contributed by atoms with Gasteiger partial charge in [-0.05, 0) is 12.5 Å². The molecule has 6 heteroatoms. The SMILES string of the molecule is CCc1cc(CNc2nccnc2C#N)[nH]n1. The monoisotopic (exact) mass is 228 g/mol. The second kappa shape index (κ2) is 5.07. The van der Waals surface area contributed by atoms with Crippen molar-refractivity contribution >= 4 is 5.82 Å². The van der Waals surface area contributed by atoms with E-state index in [2.05, 4.69) is 25.5 Å². The molecule has 0 fully saturated rings. The van der Waals surface area contributed by atoms with Gasteiger partial charge in [0, 0.05) is 12.4 Å². The summed E-state index contributed by atoms with van der Waals surface area (Å²) in [6.45, 7) is 2.59. The van der Waals surface area contributed by atoms with Crippen LogP contribution in [0.4, 0.5) is 5.82 Å². The van der Waals surface area contributed by atoms with E-state index in [1.807, 2.05) is 19.1 Å². The summed E-state index contributed by atoms with van der Waals surface area (Å²) in [6.07, 6.45) is 3.94. The first kappa shape index (κ1) is 11.1. The number of nitrogens with zero attached hydrogens (tertiary/aromatic N) is 4. The predicted molar refractivity (Wildman–Crippen MR) is 62.0 cm³/mol. The van der Waals surface area contributed by atoms with E-state index in [4.69, 9.17) is 5.26 Å². The van der Waals surface area contributed by atoms with Gasteiger partial charge in [0.05, 0.1) is 17.9 Å². The van der Waals surface area contributed by atoms with Gasteiger partial charge in [-0.3, -0.25) is 5.10 Å². The fourth-order valence-electron chi connectivity index (χ4n) is 1.41. The van der Waals surface area contributed by atoms with Crippen LogP contribution < -0.4 is 5.32 Å². The maximum atomic E-state index is 8.85. The molecule has 2 N–H and O–H groups in total. The van der Waals surface area contributed by atoms with Crippen LogP contribution in [0.1, 0.15) is 24.0 Å². The van der Waals surface area contributed by atoms with E-state index in [1.165, 1.54) is 6.20 Å². The van der Waals surface area contributed by atoms with Crippen LogP contribution in [0.15, 0.2) is 18.5 Å². The van der Waals surface area contributed by atoms with Crippen molar-refractivity contribution in [3.63, 3.8) is 0 Å². The maximum absolute atomic E-state index is 8.85. The van der Waals surface area contributed by atoms with E-state index >= 15 is 0 Å². The summed E-state index contributed by atoms with van der Waals surface area (Å²) in [5.41, 5.74) is 2.26. The van der Waals surface area contributed by atoms with Gasteiger partial charge in [-0.1, -0.05) is 6.92 Å². The van der Waals surface area contributed by atoms with Gasteiger partial charge in [0.2, 0.25) is 0 Å². The lowest BCUT2D eigenvalue weighted by atomic mass is 10.3. The molecule has 0 spiro atoms. The lowest BCUT2D eigenvalue weighted by Crippen LogP contribution is -2.04. The second-order valence-electron chi connectivity index (χ2n) is 3.46. The van der Waals surface area contributed by atoms with Crippen LogP contribution in [-0.2, 0) is 13.0 Å². The molecule has 0 aliphatic rings. The Kier molecular flexibility index (Phi) is 3.31. The molecule has 0 radical (unpaired) electrons. The summed E-state index contributed by atoms with van der Waals surface area (Å²) in [7, 11) is 0. The van der Waals surface area contributed by atoms with Gasteiger partial charge < -0.3 is 5.32 Å². The van der Waals surface area contributed by atoms with Crippen molar-refractivity contribution in [1.29, 1.82) is 5.26 Å². The summed E-state index contributed by atoms with van der Waals surface area (Å²) in [4.78, 5) is 7.98. The largest absolute Gasteiger partial charge is 0.362 e. The molecule has 0 aliphatic carbocycles. The van der Waals surface area contributed by atoms with Crippen molar-refractivity contribution in [3.05, 3.63) is 35.5 Å². The summed E-state index contributed by atoms with van der Waals surface area (Å²) < 4.78 is 0. The van der Waals surface area contributed by atoms with Gasteiger partial charge in [0.25, 0.3) is 0 Å². The normalized spacial score (nSPS) is 9.88. The number of hydrogen-bond acceptors (Lipinski definition) is 5. The quantitative estimate of drug-likeness (QED) is 0.821. The van der Waals surface area contributed by atoms with Crippen molar-refractivity contribution in [2.24, 2.45) is 0 Å². The lowest BCUT2D eigenvalue weighted by Gasteiger charge is -2.03. The van der Waals surface area contributed by atoms with Crippen molar-refractivity contribution in [1.82, 2.24) is 20.2 Å². The second-order valence-corrected chi connectivity index (χ2v) is 3.46. The Hall–Kier alpha value is -2.42. The van der Waals surface area contributed by atoms with E-state index in [9.17, 15) is 0 Å². The van der Waals surface area contributed by atoms with Crippen LogP contribution in [0.3, 0.4) is 0 Å². The fourth-order valence-corrected chi connectivity index (χ4v) is 1.41. The van der Waals surface area contributed by atoms with E-state index in [-0.39, 0.29) is 0 Å². The van der Waals surface area contributed by atoms with E-state index in [1.54, 1.807) is 6.20 Å². The third-order valence-electron chi connectivity index (χ3n) is 2.30. The van der Waals surface area contributed by atoms with Gasteiger partial charge in [-0.2, -0.15) is 10.4 Å². The Bertz CT molecular complexity index is 539. The van der Waals surface area contributed by atoms with Gasteiger partial charge in [0.1, 0.15) is 6.07 Å². The Balaban J connectivity index is 2.05. The summed E-state index contributed by atoms with van der Waals surface area (Å²) in [5, 5.41) is 18.9. The average molecular weight is 228 g/mol. The third kappa shape index (κ3) is 2.58. The first-order valence-corrected chi connectivity index (χ1v) is 5.31.